The van der Waals surface area contributed by atoms with Crippen LogP contribution in [0.15, 0.2) is 42.7 Å². The van der Waals surface area contributed by atoms with Gasteiger partial charge in [-0.3, -0.25) is 9.78 Å². The molecule has 0 saturated heterocycles. The number of nitrogens with one attached hydrogen (secondary N) is 1. The van der Waals surface area contributed by atoms with E-state index in [1.807, 2.05) is 30.1 Å². The van der Waals surface area contributed by atoms with E-state index in [2.05, 4.69) is 46.5 Å². The van der Waals surface area contributed by atoms with Crippen molar-refractivity contribution in [1.29, 1.82) is 0 Å². The summed E-state index contributed by atoms with van der Waals surface area (Å²) in [5.41, 5.74) is 5.73. The molecule has 0 aliphatic rings. The molecule has 2 aromatic heterocycles. The topological polar surface area (TPSA) is 46.5 Å². The monoisotopic (exact) mass is 252 g/mol. The van der Waals surface area contributed by atoms with Crippen LogP contribution in [0.2, 0.25) is 0 Å². The van der Waals surface area contributed by atoms with Crippen LogP contribution in [0.1, 0.15) is 17.0 Å². The Bertz CT molecular complexity index is 666. The summed E-state index contributed by atoms with van der Waals surface area (Å²) in [6, 6.07) is 10.4. The van der Waals surface area contributed by atoms with E-state index in [0.29, 0.717) is 0 Å². The molecular formula is C15H16N4. The van der Waals surface area contributed by atoms with Gasteiger partial charge in [-0.15, -0.1) is 0 Å². The van der Waals surface area contributed by atoms with Crippen molar-refractivity contribution in [3.8, 4) is 11.1 Å². The molecule has 4 heteroatoms. The normalized spacial score (nSPS) is 10.8. The molecule has 0 unspecified atom stereocenters. The lowest BCUT2D eigenvalue weighted by molar-refractivity contribution is 0.659. The van der Waals surface area contributed by atoms with Gasteiger partial charge in [-0.05, 0) is 19.4 Å². The Hall–Kier alpha value is -2.36. The highest BCUT2D eigenvalue weighted by atomic mass is 15.3. The minimum Gasteiger partial charge on any atom is -0.285 e. The second kappa shape index (κ2) is 4.72. The molecule has 3 rings (SSSR count). The standard InChI is InChI=1S/C15H16N4/c1-11-15(14-8-16-17-9-14)12(2)19(18-11)10-13-6-4-3-5-7-13/h3-9H,10H2,1-2H3,(H,16,17). The van der Waals surface area contributed by atoms with E-state index in [9.17, 15) is 0 Å². The Kier molecular flexibility index (Phi) is 2.91. The van der Waals surface area contributed by atoms with Gasteiger partial charge in [0.25, 0.3) is 0 Å². The van der Waals surface area contributed by atoms with E-state index >= 15 is 0 Å². The summed E-state index contributed by atoms with van der Waals surface area (Å²) >= 11 is 0. The molecule has 4 nitrogen and oxygen atoms in total. The second-order valence-electron chi connectivity index (χ2n) is 4.68. The first-order chi connectivity index (χ1) is 9.25. The molecular weight excluding hydrogens is 236 g/mol. The summed E-state index contributed by atoms with van der Waals surface area (Å²) in [5, 5.41) is 11.5. The summed E-state index contributed by atoms with van der Waals surface area (Å²) in [6.07, 6.45) is 3.74. The molecule has 1 aromatic carbocycles. The van der Waals surface area contributed by atoms with E-state index in [1.165, 1.54) is 16.8 Å². The third-order valence-corrected chi connectivity index (χ3v) is 3.34. The van der Waals surface area contributed by atoms with Crippen molar-refractivity contribution in [3.05, 3.63) is 59.7 Å². The van der Waals surface area contributed by atoms with Crippen LogP contribution in [0.25, 0.3) is 11.1 Å². The number of aryl methyl sites for hydroxylation is 1. The molecule has 1 N–H and O–H groups in total. The predicted octanol–water partition coefficient (Wildman–Crippen LogP) is 2.94. The fraction of sp³-hybridized carbons (Fsp3) is 0.200. The molecule has 0 aliphatic carbocycles. The number of hydrogen-bond donors (Lipinski definition) is 1. The summed E-state index contributed by atoms with van der Waals surface area (Å²) in [6.45, 7) is 4.94. The highest BCUT2D eigenvalue weighted by Gasteiger charge is 2.14. The van der Waals surface area contributed by atoms with Crippen LogP contribution >= 0.6 is 0 Å². The van der Waals surface area contributed by atoms with E-state index < -0.39 is 0 Å². The SMILES string of the molecule is Cc1nn(Cc2ccccc2)c(C)c1-c1cn[nH]c1. The number of H-pyrrole nitrogens is 1. The predicted molar refractivity (Wildman–Crippen MR) is 74.8 cm³/mol. The Labute approximate surface area is 112 Å². The number of aromatic amines is 1. The van der Waals surface area contributed by atoms with Gasteiger partial charge < -0.3 is 0 Å². The van der Waals surface area contributed by atoms with Crippen molar-refractivity contribution in [2.24, 2.45) is 0 Å². The highest BCUT2D eigenvalue weighted by molar-refractivity contribution is 5.66. The fourth-order valence-corrected chi connectivity index (χ4v) is 2.41. The zero-order chi connectivity index (χ0) is 13.2. The zero-order valence-corrected chi connectivity index (χ0v) is 11.1. The smallest absolute Gasteiger partial charge is 0.0676 e. The van der Waals surface area contributed by atoms with Crippen molar-refractivity contribution in [2.75, 3.05) is 0 Å². The number of rotatable bonds is 3. The lowest BCUT2D eigenvalue weighted by Crippen LogP contribution is -2.03. The number of nitrogens with zero attached hydrogens (tertiary/aromatic N) is 3. The van der Waals surface area contributed by atoms with Crippen LogP contribution in [0, 0.1) is 13.8 Å². The summed E-state index contributed by atoms with van der Waals surface area (Å²) in [7, 11) is 0. The van der Waals surface area contributed by atoms with E-state index in [1.54, 1.807) is 0 Å². The molecule has 19 heavy (non-hydrogen) atoms. The quantitative estimate of drug-likeness (QED) is 0.779. The minimum atomic E-state index is 0.797. The first-order valence-electron chi connectivity index (χ1n) is 6.33. The van der Waals surface area contributed by atoms with Crippen LogP contribution in [0.5, 0.6) is 0 Å². The van der Waals surface area contributed by atoms with Crippen LogP contribution in [-0.4, -0.2) is 20.0 Å². The van der Waals surface area contributed by atoms with Gasteiger partial charge in [-0.2, -0.15) is 10.2 Å². The van der Waals surface area contributed by atoms with Crippen molar-refractivity contribution in [1.82, 2.24) is 20.0 Å². The Morgan fingerprint density at radius 1 is 1.16 bits per heavy atom. The van der Waals surface area contributed by atoms with E-state index in [-0.39, 0.29) is 0 Å². The summed E-state index contributed by atoms with van der Waals surface area (Å²) in [5.74, 6) is 0. The number of aromatic nitrogens is 4. The molecule has 0 fully saturated rings. The Morgan fingerprint density at radius 3 is 2.63 bits per heavy atom. The van der Waals surface area contributed by atoms with Crippen molar-refractivity contribution in [3.63, 3.8) is 0 Å². The summed E-state index contributed by atoms with van der Waals surface area (Å²) < 4.78 is 2.05. The molecule has 0 amide bonds. The van der Waals surface area contributed by atoms with Crippen molar-refractivity contribution in [2.45, 2.75) is 20.4 Å². The highest BCUT2D eigenvalue weighted by Crippen LogP contribution is 2.26. The van der Waals surface area contributed by atoms with E-state index in [0.717, 1.165) is 17.8 Å². The molecule has 96 valence electrons. The van der Waals surface area contributed by atoms with Gasteiger partial charge in [0.15, 0.2) is 0 Å². The second-order valence-corrected chi connectivity index (χ2v) is 4.68. The molecule has 3 aromatic rings. The van der Waals surface area contributed by atoms with Crippen LogP contribution in [0.3, 0.4) is 0 Å². The van der Waals surface area contributed by atoms with Gasteiger partial charge in [-0.25, -0.2) is 0 Å². The lowest BCUT2D eigenvalue weighted by atomic mass is 10.1. The van der Waals surface area contributed by atoms with Gasteiger partial charge >= 0.3 is 0 Å². The number of benzene rings is 1. The van der Waals surface area contributed by atoms with Gasteiger partial charge in [-0.1, -0.05) is 30.3 Å². The third-order valence-electron chi connectivity index (χ3n) is 3.34. The molecule has 0 aliphatic heterocycles. The maximum absolute atomic E-state index is 4.64. The third kappa shape index (κ3) is 2.17. The molecule has 0 atom stereocenters. The molecule has 0 spiro atoms. The first-order valence-corrected chi connectivity index (χ1v) is 6.33. The molecule has 2 heterocycles. The maximum Gasteiger partial charge on any atom is 0.0676 e. The molecule has 0 radical (unpaired) electrons. The van der Waals surface area contributed by atoms with Gasteiger partial charge in [0, 0.05) is 23.0 Å². The van der Waals surface area contributed by atoms with Gasteiger partial charge in [0.2, 0.25) is 0 Å². The fourth-order valence-electron chi connectivity index (χ4n) is 2.41. The van der Waals surface area contributed by atoms with Crippen molar-refractivity contribution < 1.29 is 0 Å². The number of hydrogen-bond acceptors (Lipinski definition) is 2. The van der Waals surface area contributed by atoms with E-state index in [4.69, 9.17) is 0 Å². The van der Waals surface area contributed by atoms with Gasteiger partial charge in [0.1, 0.15) is 0 Å². The van der Waals surface area contributed by atoms with Crippen molar-refractivity contribution >= 4 is 0 Å². The lowest BCUT2D eigenvalue weighted by Gasteiger charge is -2.05. The van der Waals surface area contributed by atoms with Crippen LogP contribution < -0.4 is 0 Å². The molecule has 0 bridgehead atoms. The van der Waals surface area contributed by atoms with Crippen LogP contribution in [0.4, 0.5) is 0 Å². The summed E-state index contributed by atoms with van der Waals surface area (Å²) in [4.78, 5) is 0. The Morgan fingerprint density at radius 2 is 1.95 bits per heavy atom. The minimum absolute atomic E-state index is 0.797. The van der Waals surface area contributed by atoms with Crippen LogP contribution in [-0.2, 0) is 6.54 Å². The zero-order valence-electron chi connectivity index (χ0n) is 11.1. The largest absolute Gasteiger partial charge is 0.285 e. The molecule has 0 saturated carbocycles. The first kappa shape index (κ1) is 11.7. The van der Waals surface area contributed by atoms with Gasteiger partial charge in [0.05, 0.1) is 18.4 Å². The average Bonchev–Trinajstić information content (AvgIpc) is 3.01. The Balaban J connectivity index is 1.99. The average molecular weight is 252 g/mol. The maximum atomic E-state index is 4.64.